The Morgan fingerprint density at radius 2 is 1.50 bits per heavy atom. The lowest BCUT2D eigenvalue weighted by Gasteiger charge is -2.45. The first-order valence-electron chi connectivity index (χ1n) is 13.1. The highest BCUT2D eigenvalue weighted by Gasteiger charge is 2.46. The van der Waals surface area contributed by atoms with Crippen LogP contribution in [0.2, 0.25) is 0 Å². The van der Waals surface area contributed by atoms with E-state index in [4.69, 9.17) is 15.2 Å². The van der Waals surface area contributed by atoms with E-state index in [1.54, 1.807) is 0 Å². The standard InChI is InChI=1S/C21H34N2O2.C7H8.C2H6/c1-19(2,3)17-6-4-7-18(16-17)20(23-13-5-12-22)8-10-21(11-9-20)24-14-15-25-21;1-7-5-3-2-4-6-7;1-2/h4,6-7,16,23H,5,8-15,22H2,1-3H3;2-6H,1H3;1-2H3. The molecule has 1 heterocycles. The zero-order chi connectivity index (χ0) is 25.1. The first kappa shape index (κ1) is 28.5. The first-order chi connectivity index (χ1) is 16.3. The molecule has 0 radical (unpaired) electrons. The molecule has 2 aromatic rings. The fourth-order valence-corrected chi connectivity index (χ4v) is 4.66. The fourth-order valence-electron chi connectivity index (χ4n) is 4.66. The summed E-state index contributed by atoms with van der Waals surface area (Å²) < 4.78 is 11.9. The minimum absolute atomic E-state index is 0.00299. The average Bonchev–Trinajstić information content (AvgIpc) is 3.31. The molecule has 0 amide bonds. The van der Waals surface area contributed by atoms with Crippen molar-refractivity contribution in [3.8, 4) is 0 Å². The summed E-state index contributed by atoms with van der Waals surface area (Å²) >= 11 is 0. The Bertz CT molecular complexity index is 813. The van der Waals surface area contributed by atoms with Gasteiger partial charge >= 0.3 is 0 Å². The van der Waals surface area contributed by atoms with E-state index in [0.29, 0.717) is 0 Å². The second kappa shape index (κ2) is 13.4. The van der Waals surface area contributed by atoms with Gasteiger partial charge in [0.25, 0.3) is 0 Å². The van der Waals surface area contributed by atoms with Crippen LogP contribution in [0.25, 0.3) is 0 Å². The van der Waals surface area contributed by atoms with E-state index in [2.05, 4.69) is 69.4 Å². The van der Waals surface area contributed by atoms with Crippen LogP contribution in [-0.2, 0) is 20.4 Å². The van der Waals surface area contributed by atoms with E-state index in [0.717, 1.165) is 58.4 Å². The largest absolute Gasteiger partial charge is 0.348 e. The molecular weight excluding hydrogens is 420 g/mol. The van der Waals surface area contributed by atoms with Crippen LogP contribution < -0.4 is 11.1 Å². The molecule has 190 valence electrons. The van der Waals surface area contributed by atoms with Crippen molar-refractivity contribution in [2.24, 2.45) is 5.73 Å². The lowest BCUT2D eigenvalue weighted by molar-refractivity contribution is -0.187. The molecule has 4 rings (SSSR count). The van der Waals surface area contributed by atoms with Gasteiger partial charge in [-0.25, -0.2) is 0 Å². The highest BCUT2D eigenvalue weighted by atomic mass is 16.7. The van der Waals surface area contributed by atoms with Gasteiger partial charge in [0.1, 0.15) is 0 Å². The quantitative estimate of drug-likeness (QED) is 0.495. The molecule has 2 fully saturated rings. The summed E-state index contributed by atoms with van der Waals surface area (Å²) in [7, 11) is 0. The van der Waals surface area contributed by atoms with Crippen LogP contribution in [0.5, 0.6) is 0 Å². The summed E-state index contributed by atoms with van der Waals surface area (Å²) in [5.41, 5.74) is 9.98. The molecule has 0 atom stereocenters. The van der Waals surface area contributed by atoms with E-state index in [9.17, 15) is 0 Å². The van der Waals surface area contributed by atoms with E-state index in [-0.39, 0.29) is 16.7 Å². The fraction of sp³-hybridized carbons (Fsp3) is 0.600. The molecule has 3 N–H and O–H groups in total. The summed E-state index contributed by atoms with van der Waals surface area (Å²) in [6.45, 7) is 16.0. The number of aryl methyl sites for hydroxylation is 1. The number of ether oxygens (including phenoxy) is 2. The molecule has 1 saturated carbocycles. The highest BCUT2D eigenvalue weighted by Crippen LogP contribution is 2.45. The van der Waals surface area contributed by atoms with Crippen molar-refractivity contribution in [1.82, 2.24) is 5.32 Å². The van der Waals surface area contributed by atoms with Gasteiger partial charge < -0.3 is 20.5 Å². The van der Waals surface area contributed by atoms with Crippen LogP contribution in [0.4, 0.5) is 0 Å². The molecule has 2 aromatic carbocycles. The van der Waals surface area contributed by atoms with Crippen molar-refractivity contribution in [2.45, 2.75) is 90.4 Å². The van der Waals surface area contributed by atoms with Gasteiger partial charge in [-0.05, 0) is 55.8 Å². The van der Waals surface area contributed by atoms with Gasteiger partial charge in [-0.3, -0.25) is 0 Å². The van der Waals surface area contributed by atoms with Crippen LogP contribution in [0.3, 0.4) is 0 Å². The zero-order valence-corrected chi connectivity index (χ0v) is 22.5. The highest BCUT2D eigenvalue weighted by molar-refractivity contribution is 5.34. The van der Waals surface area contributed by atoms with Crippen LogP contribution in [0.1, 0.15) is 83.4 Å². The third-order valence-corrected chi connectivity index (χ3v) is 6.74. The molecule has 1 spiro atoms. The molecule has 2 aliphatic rings. The number of hydrogen-bond donors (Lipinski definition) is 2. The van der Waals surface area contributed by atoms with E-state index >= 15 is 0 Å². The van der Waals surface area contributed by atoms with Gasteiger partial charge in [-0.15, -0.1) is 0 Å². The molecule has 0 bridgehead atoms. The number of rotatable bonds is 5. The predicted octanol–water partition coefficient (Wildman–Crippen LogP) is 6.46. The molecule has 4 nitrogen and oxygen atoms in total. The van der Waals surface area contributed by atoms with Crippen molar-refractivity contribution >= 4 is 0 Å². The lowest BCUT2D eigenvalue weighted by atomic mass is 9.73. The third-order valence-electron chi connectivity index (χ3n) is 6.74. The Labute approximate surface area is 208 Å². The normalized spacial score (nSPS) is 18.4. The Kier molecular flexibility index (Phi) is 11.2. The van der Waals surface area contributed by atoms with Gasteiger partial charge in [0.15, 0.2) is 5.79 Å². The summed E-state index contributed by atoms with van der Waals surface area (Å²) in [4.78, 5) is 0. The minimum atomic E-state index is -0.333. The lowest BCUT2D eigenvalue weighted by Crippen LogP contribution is -2.50. The van der Waals surface area contributed by atoms with Crippen LogP contribution >= 0.6 is 0 Å². The second-order valence-corrected chi connectivity index (χ2v) is 10.2. The topological polar surface area (TPSA) is 56.5 Å². The molecule has 4 heteroatoms. The number of nitrogens with one attached hydrogen (secondary N) is 1. The van der Waals surface area contributed by atoms with E-state index in [1.165, 1.54) is 16.7 Å². The summed E-state index contributed by atoms with van der Waals surface area (Å²) in [6, 6.07) is 19.4. The number of benzene rings is 2. The average molecular weight is 469 g/mol. The maximum Gasteiger partial charge on any atom is 0.168 e. The molecule has 34 heavy (non-hydrogen) atoms. The van der Waals surface area contributed by atoms with Crippen molar-refractivity contribution in [2.75, 3.05) is 26.3 Å². The van der Waals surface area contributed by atoms with Gasteiger partial charge in [0.05, 0.1) is 13.2 Å². The summed E-state index contributed by atoms with van der Waals surface area (Å²) in [5, 5.41) is 3.85. The minimum Gasteiger partial charge on any atom is -0.348 e. The number of nitrogens with two attached hydrogens (primary N) is 1. The van der Waals surface area contributed by atoms with E-state index < -0.39 is 0 Å². The number of hydrogen-bond acceptors (Lipinski definition) is 4. The van der Waals surface area contributed by atoms with Crippen LogP contribution in [0.15, 0.2) is 54.6 Å². The zero-order valence-electron chi connectivity index (χ0n) is 22.5. The van der Waals surface area contributed by atoms with Crippen LogP contribution in [-0.4, -0.2) is 32.1 Å². The van der Waals surface area contributed by atoms with Gasteiger partial charge in [0, 0.05) is 18.4 Å². The molecule has 1 aliphatic heterocycles. The molecule has 1 aliphatic carbocycles. The Hall–Kier alpha value is -1.72. The van der Waals surface area contributed by atoms with Gasteiger partial charge in [-0.2, -0.15) is 0 Å². The van der Waals surface area contributed by atoms with Gasteiger partial charge in [0.2, 0.25) is 0 Å². The SMILES string of the molecule is CC.CC(C)(C)c1cccc(C2(NCCCN)CCC3(CC2)OCCO3)c1.Cc1ccccc1. The van der Waals surface area contributed by atoms with Crippen molar-refractivity contribution < 1.29 is 9.47 Å². The van der Waals surface area contributed by atoms with Crippen molar-refractivity contribution in [3.63, 3.8) is 0 Å². The molecular formula is C30H48N2O2. The molecule has 0 aromatic heterocycles. The van der Waals surface area contributed by atoms with Crippen LogP contribution in [0, 0.1) is 6.92 Å². The summed E-state index contributed by atoms with van der Waals surface area (Å²) in [5.74, 6) is -0.333. The second-order valence-electron chi connectivity index (χ2n) is 10.2. The van der Waals surface area contributed by atoms with Crippen molar-refractivity contribution in [1.29, 1.82) is 0 Å². The van der Waals surface area contributed by atoms with Gasteiger partial charge in [-0.1, -0.05) is 94.8 Å². The summed E-state index contributed by atoms with van der Waals surface area (Å²) in [6.07, 6.45) is 4.96. The third kappa shape index (κ3) is 7.91. The Morgan fingerprint density at radius 1 is 0.882 bits per heavy atom. The smallest absolute Gasteiger partial charge is 0.168 e. The maximum absolute atomic E-state index is 5.94. The predicted molar refractivity (Wildman–Crippen MR) is 144 cm³/mol. The molecule has 1 saturated heterocycles. The van der Waals surface area contributed by atoms with Crippen molar-refractivity contribution in [3.05, 3.63) is 71.3 Å². The molecule has 0 unspecified atom stereocenters. The Morgan fingerprint density at radius 3 is 2.00 bits per heavy atom. The first-order valence-corrected chi connectivity index (χ1v) is 13.1. The Balaban J connectivity index is 0.000000384. The monoisotopic (exact) mass is 468 g/mol. The maximum atomic E-state index is 5.94. The van der Waals surface area contributed by atoms with E-state index in [1.807, 2.05) is 32.0 Å².